The molecule has 59 heavy (non-hydrogen) atoms. The molecule has 0 bridgehead atoms. The summed E-state index contributed by atoms with van der Waals surface area (Å²) >= 11 is 11.4. The number of hydrogen-bond acceptors (Lipinski definition) is 16. The van der Waals surface area contributed by atoms with E-state index in [1.807, 2.05) is 104 Å². The number of ether oxygens (including phenoxy) is 4. The van der Waals surface area contributed by atoms with Gasteiger partial charge in [0.1, 0.15) is 35.9 Å². The highest BCUT2D eigenvalue weighted by atomic mass is 79.9. The van der Waals surface area contributed by atoms with Crippen molar-refractivity contribution in [3.63, 3.8) is 0 Å². The molecule has 0 aliphatic carbocycles. The summed E-state index contributed by atoms with van der Waals surface area (Å²) in [6.45, 7) is 4.52. The topological polar surface area (TPSA) is 152 Å². The predicted molar refractivity (Wildman–Crippen MR) is 236 cm³/mol. The Balaban J connectivity index is 0.000000126. The van der Waals surface area contributed by atoms with Crippen molar-refractivity contribution in [1.29, 1.82) is 0 Å². The molecule has 0 saturated carbocycles. The summed E-state index contributed by atoms with van der Waals surface area (Å²) in [6, 6.07) is 25.4. The maximum atomic E-state index is 5.49. The molecule has 2 aliphatic heterocycles. The maximum Gasteiger partial charge on any atom is 0.211 e. The molecule has 10 rings (SSSR count). The van der Waals surface area contributed by atoms with Crippen molar-refractivity contribution in [2.75, 3.05) is 31.7 Å². The third-order valence-electron chi connectivity index (χ3n) is 8.22. The Morgan fingerprint density at radius 2 is 1.12 bits per heavy atom. The highest BCUT2D eigenvalue weighted by Crippen LogP contribution is 2.34. The Kier molecular flexibility index (Phi) is 13.9. The van der Waals surface area contributed by atoms with E-state index in [2.05, 4.69) is 77.0 Å². The van der Waals surface area contributed by atoms with Crippen LogP contribution in [-0.4, -0.2) is 66.3 Å². The average molecular weight is 972 g/mol. The van der Waals surface area contributed by atoms with Crippen molar-refractivity contribution in [1.82, 2.24) is 39.9 Å². The molecule has 0 spiro atoms. The molecule has 0 atom stereocenters. The smallest absolute Gasteiger partial charge is 0.211 e. The number of halogens is 2. The van der Waals surface area contributed by atoms with Crippen LogP contribution in [0.1, 0.15) is 28.2 Å². The first kappa shape index (κ1) is 41.0. The van der Waals surface area contributed by atoms with Gasteiger partial charge in [-0.2, -0.15) is 0 Å². The molecule has 2 saturated heterocycles. The molecule has 8 aromatic rings. The molecular formula is C41H33Br2N9O4S3. The quantitative estimate of drug-likeness (QED) is 0.144. The number of aromatic nitrogens is 8. The van der Waals surface area contributed by atoms with Gasteiger partial charge >= 0.3 is 0 Å². The van der Waals surface area contributed by atoms with Gasteiger partial charge in [-0.1, -0.05) is 18.2 Å². The molecule has 298 valence electrons. The SMILES string of the molecule is Brc1cccc(-c2cnc(-c3cccnc3)s2)n1.Brc1cccc(-c2cnc(C3OCCO3)s2)n1.Cc1ccnc(Nc2cccc(-c3cnc(C4OCCO4)s3)n2)c1. The molecule has 0 amide bonds. The molecule has 0 unspecified atom stereocenters. The summed E-state index contributed by atoms with van der Waals surface area (Å²) < 4.78 is 23.4. The van der Waals surface area contributed by atoms with Gasteiger partial charge in [0.15, 0.2) is 0 Å². The minimum atomic E-state index is -0.346. The Labute approximate surface area is 368 Å². The number of rotatable bonds is 8. The van der Waals surface area contributed by atoms with Gasteiger partial charge in [-0.15, -0.1) is 34.0 Å². The van der Waals surface area contributed by atoms with Crippen molar-refractivity contribution in [2.45, 2.75) is 19.5 Å². The van der Waals surface area contributed by atoms with Crippen LogP contribution in [0.4, 0.5) is 11.6 Å². The number of nitrogens with zero attached hydrogens (tertiary/aromatic N) is 8. The van der Waals surface area contributed by atoms with E-state index in [1.54, 1.807) is 41.3 Å². The molecule has 2 aliphatic rings. The van der Waals surface area contributed by atoms with Crippen LogP contribution in [0.25, 0.3) is 42.3 Å². The number of hydrogen-bond donors (Lipinski definition) is 1. The monoisotopic (exact) mass is 969 g/mol. The highest BCUT2D eigenvalue weighted by Gasteiger charge is 2.23. The Hall–Kier alpha value is -4.76. The van der Waals surface area contributed by atoms with E-state index in [4.69, 9.17) is 18.9 Å². The van der Waals surface area contributed by atoms with Gasteiger partial charge in [-0.05, 0) is 105 Å². The summed E-state index contributed by atoms with van der Waals surface area (Å²) in [6.07, 6.45) is 10.2. The molecule has 0 radical (unpaired) electrons. The van der Waals surface area contributed by atoms with Crippen LogP contribution < -0.4 is 5.32 Å². The predicted octanol–water partition coefficient (Wildman–Crippen LogP) is 10.7. The number of nitrogens with one attached hydrogen (secondary N) is 1. The van der Waals surface area contributed by atoms with Gasteiger partial charge in [0.25, 0.3) is 0 Å². The first-order valence-corrected chi connectivity index (χ1v) is 22.1. The van der Waals surface area contributed by atoms with E-state index in [9.17, 15) is 0 Å². The second-order valence-corrected chi connectivity index (χ2v) is 17.3. The normalized spacial score (nSPS) is 14.0. The van der Waals surface area contributed by atoms with Gasteiger partial charge < -0.3 is 24.3 Å². The van der Waals surface area contributed by atoms with E-state index in [1.165, 1.54) is 11.3 Å². The van der Waals surface area contributed by atoms with Crippen LogP contribution in [0.3, 0.4) is 0 Å². The average Bonchev–Trinajstić information content (AvgIpc) is 4.12. The zero-order chi connectivity index (χ0) is 40.4. The van der Waals surface area contributed by atoms with Crippen molar-refractivity contribution in [3.8, 4) is 42.3 Å². The van der Waals surface area contributed by atoms with Gasteiger partial charge in [-0.3, -0.25) is 4.98 Å². The van der Waals surface area contributed by atoms with Crippen LogP contribution in [-0.2, 0) is 18.9 Å². The second kappa shape index (κ2) is 20.0. The van der Waals surface area contributed by atoms with E-state index < -0.39 is 0 Å². The van der Waals surface area contributed by atoms with Crippen molar-refractivity contribution < 1.29 is 18.9 Å². The Morgan fingerprint density at radius 1 is 0.559 bits per heavy atom. The lowest BCUT2D eigenvalue weighted by Gasteiger charge is -2.06. The number of aryl methyl sites for hydroxylation is 1. The summed E-state index contributed by atoms with van der Waals surface area (Å²) in [5.74, 6) is 1.52. The number of pyridine rings is 5. The minimum Gasteiger partial charge on any atom is -0.344 e. The Bertz CT molecular complexity index is 2600. The molecule has 13 nitrogen and oxygen atoms in total. The van der Waals surface area contributed by atoms with Crippen molar-refractivity contribution in [3.05, 3.63) is 141 Å². The molecular weight excluding hydrogens is 939 g/mol. The van der Waals surface area contributed by atoms with Crippen LogP contribution >= 0.6 is 65.9 Å². The molecule has 8 aromatic heterocycles. The fourth-order valence-corrected chi connectivity index (χ4v) is 8.85. The Morgan fingerprint density at radius 3 is 1.68 bits per heavy atom. The number of thiazole rings is 3. The zero-order valence-corrected chi connectivity index (χ0v) is 36.8. The lowest BCUT2D eigenvalue weighted by atomic mass is 10.3. The van der Waals surface area contributed by atoms with Crippen molar-refractivity contribution >= 4 is 77.5 Å². The van der Waals surface area contributed by atoms with E-state index in [0.29, 0.717) is 26.4 Å². The molecule has 2 fully saturated rings. The first-order valence-electron chi connectivity index (χ1n) is 18.1. The lowest BCUT2D eigenvalue weighted by molar-refractivity contribution is -0.0444. The van der Waals surface area contributed by atoms with Crippen molar-refractivity contribution in [2.24, 2.45) is 0 Å². The van der Waals surface area contributed by atoms with Gasteiger partial charge in [-0.25, -0.2) is 34.9 Å². The fourth-order valence-electron chi connectivity index (χ4n) is 5.52. The maximum absolute atomic E-state index is 5.49. The first-order chi connectivity index (χ1) is 28.9. The summed E-state index contributed by atoms with van der Waals surface area (Å²) in [4.78, 5) is 38.0. The zero-order valence-electron chi connectivity index (χ0n) is 31.1. The fraction of sp³-hybridized carbons (Fsp3) is 0.171. The van der Waals surface area contributed by atoms with Crippen LogP contribution in [0.5, 0.6) is 0 Å². The summed E-state index contributed by atoms with van der Waals surface area (Å²) in [7, 11) is 0. The lowest BCUT2D eigenvalue weighted by Crippen LogP contribution is -1.96. The highest BCUT2D eigenvalue weighted by molar-refractivity contribution is 9.10. The standard InChI is InChI=1S/C17H16N4O2S.C13H8BrN3S.C11H9BrN2O2S/c1-11-5-6-18-15(9-11)21-14-4-2-3-12(20-14)13-10-19-16(24-13)17-22-7-8-23-17;14-12-5-1-4-10(17-12)11-8-16-13(18-11)9-3-2-6-15-7-9;12-9-3-1-2-7(14-9)8-6-13-10(17-8)11-15-4-5-16-11/h2-6,9-10,17H,7-8H2,1H3,(H,18,20,21);1-8H;1-3,6,11H,4-5H2. The number of anilines is 2. The van der Waals surface area contributed by atoms with E-state index in [0.717, 1.165) is 78.7 Å². The molecule has 18 heteroatoms. The third kappa shape index (κ3) is 11.1. The molecule has 10 heterocycles. The second-order valence-electron chi connectivity index (χ2n) is 12.5. The van der Waals surface area contributed by atoms with Gasteiger partial charge in [0.2, 0.25) is 12.6 Å². The summed E-state index contributed by atoms with van der Waals surface area (Å²) in [5, 5.41) is 5.86. The van der Waals surface area contributed by atoms with Gasteiger partial charge in [0, 0.05) is 42.7 Å². The van der Waals surface area contributed by atoms with Crippen LogP contribution in [0.15, 0.2) is 125 Å². The van der Waals surface area contributed by atoms with E-state index >= 15 is 0 Å². The largest absolute Gasteiger partial charge is 0.344 e. The van der Waals surface area contributed by atoms with Gasteiger partial charge in [0.05, 0.1) is 58.1 Å². The summed E-state index contributed by atoms with van der Waals surface area (Å²) in [5.41, 5.74) is 4.86. The van der Waals surface area contributed by atoms with E-state index in [-0.39, 0.29) is 12.6 Å². The minimum absolute atomic E-state index is 0.305. The van der Waals surface area contributed by atoms with Crippen LogP contribution in [0, 0.1) is 6.92 Å². The third-order valence-corrected chi connectivity index (χ3v) is 12.3. The molecule has 0 aromatic carbocycles. The molecule has 1 N–H and O–H groups in total. The van der Waals surface area contributed by atoms with Crippen LogP contribution in [0.2, 0.25) is 0 Å².